The smallest absolute Gasteiger partial charge is 0.426 e. The van der Waals surface area contributed by atoms with Gasteiger partial charge >= 0.3 is 12.3 Å². The molecule has 1 rings (SSSR count). The van der Waals surface area contributed by atoms with Crippen LogP contribution in [0, 0.1) is 0 Å². The summed E-state index contributed by atoms with van der Waals surface area (Å²) in [7, 11) is 0. The van der Waals surface area contributed by atoms with E-state index in [1.165, 1.54) is 83.1 Å². The Morgan fingerprint density at radius 3 is 1.73 bits per heavy atom. The first kappa shape index (κ1) is 39.3. The zero-order valence-electron chi connectivity index (χ0n) is 26.2. The van der Waals surface area contributed by atoms with Crippen molar-refractivity contribution in [1.29, 1.82) is 0 Å². The number of alkyl halides is 5. The minimum Gasteiger partial charge on any atom is -0.426 e. The number of anilines is 1. The van der Waals surface area contributed by atoms with E-state index in [4.69, 9.17) is 0 Å². The van der Waals surface area contributed by atoms with Crippen molar-refractivity contribution in [1.82, 2.24) is 5.32 Å². The maximum atomic E-state index is 13.0. The van der Waals surface area contributed by atoms with Crippen molar-refractivity contribution in [2.45, 2.75) is 147 Å². The van der Waals surface area contributed by atoms with Gasteiger partial charge in [0.2, 0.25) is 11.8 Å². The summed E-state index contributed by atoms with van der Waals surface area (Å²) in [6.45, 7) is 4.03. The number of aliphatic hydroxyl groups excluding tert-OH is 1. The average molecular weight is 635 g/mol. The fraction of sp³-hybridized carbons (Fsp3) is 0.697. The Labute approximate surface area is 259 Å². The normalized spacial score (nSPS) is 13.5. The van der Waals surface area contributed by atoms with Gasteiger partial charge < -0.3 is 20.5 Å². The molecule has 0 aliphatic heterocycles. The van der Waals surface area contributed by atoms with E-state index in [2.05, 4.69) is 22.3 Å². The lowest BCUT2D eigenvalue weighted by Gasteiger charge is -2.20. The van der Waals surface area contributed by atoms with Gasteiger partial charge in [0, 0.05) is 18.2 Å². The first-order valence-corrected chi connectivity index (χ1v) is 16.1. The molecule has 6 nitrogen and oxygen atoms in total. The number of amides is 2. The standard InChI is InChI=1S/C33H51F5N2O4/c1-3-5-6-7-8-9-10-11-12-13-14-15-16-17-18-19-30(42)40-28(4-2)29(41)24-25-31(43)39-26-20-22-27(23-21-26)44-33(37,38)32(34,35)36/h20-25,28-29,41H,3-19H2,1-2H3,(H,39,43)(H,40,42)/t28-,29+/m0/s1. The zero-order chi connectivity index (χ0) is 32.8. The van der Waals surface area contributed by atoms with Crippen LogP contribution in [0.2, 0.25) is 0 Å². The molecule has 1 aromatic carbocycles. The molecular weight excluding hydrogens is 583 g/mol. The van der Waals surface area contributed by atoms with Crippen molar-refractivity contribution in [2.24, 2.45) is 0 Å². The van der Waals surface area contributed by atoms with E-state index in [1.807, 2.05) is 0 Å². The summed E-state index contributed by atoms with van der Waals surface area (Å²) in [4.78, 5) is 24.5. The highest BCUT2D eigenvalue weighted by Crippen LogP contribution is 2.37. The van der Waals surface area contributed by atoms with Crippen LogP contribution < -0.4 is 15.4 Å². The molecule has 0 saturated carbocycles. The van der Waals surface area contributed by atoms with Crippen LogP contribution >= 0.6 is 0 Å². The van der Waals surface area contributed by atoms with Crippen LogP contribution in [0.1, 0.15) is 123 Å². The number of aliphatic hydroxyl groups is 1. The second-order valence-corrected chi connectivity index (χ2v) is 11.3. The number of carbonyl (C=O) groups excluding carboxylic acids is 2. The van der Waals surface area contributed by atoms with Gasteiger partial charge in [0.15, 0.2) is 0 Å². The summed E-state index contributed by atoms with van der Waals surface area (Å²) in [5.41, 5.74) is 0.112. The summed E-state index contributed by atoms with van der Waals surface area (Å²) in [5.74, 6) is -1.57. The van der Waals surface area contributed by atoms with Gasteiger partial charge in [-0.05, 0) is 43.2 Å². The minimum absolute atomic E-state index is 0.112. The Morgan fingerprint density at radius 2 is 1.27 bits per heavy atom. The SMILES string of the molecule is CCCCCCCCCCCCCCCCCC(=O)N[C@@H](CC)[C@H](O)C=CC(=O)Nc1ccc(OC(F)(F)C(F)(F)F)cc1. The van der Waals surface area contributed by atoms with E-state index < -0.39 is 36.1 Å². The first-order chi connectivity index (χ1) is 20.9. The second kappa shape index (κ2) is 21.9. The van der Waals surface area contributed by atoms with Crippen molar-refractivity contribution in [3.8, 4) is 5.75 Å². The summed E-state index contributed by atoms with van der Waals surface area (Å²) >= 11 is 0. The third kappa shape index (κ3) is 17.6. The summed E-state index contributed by atoms with van der Waals surface area (Å²) in [6.07, 6.45) is 9.31. The number of nitrogens with one attached hydrogen (secondary N) is 2. The van der Waals surface area contributed by atoms with Crippen LogP contribution in [-0.2, 0) is 9.59 Å². The van der Waals surface area contributed by atoms with Gasteiger partial charge in [-0.1, -0.05) is 104 Å². The maximum absolute atomic E-state index is 13.0. The van der Waals surface area contributed by atoms with Gasteiger partial charge in [0.25, 0.3) is 0 Å². The maximum Gasteiger partial charge on any atom is 0.499 e. The Balaban J connectivity index is 2.23. The average Bonchev–Trinajstić information content (AvgIpc) is 2.97. The van der Waals surface area contributed by atoms with E-state index in [1.54, 1.807) is 6.92 Å². The summed E-state index contributed by atoms with van der Waals surface area (Å²) < 4.78 is 66.5. The van der Waals surface area contributed by atoms with Crippen LogP contribution in [0.25, 0.3) is 0 Å². The molecular formula is C33H51F5N2O4. The molecule has 0 heterocycles. The van der Waals surface area contributed by atoms with Crippen molar-refractivity contribution < 1.29 is 41.4 Å². The number of halogens is 5. The molecule has 0 spiro atoms. The molecule has 3 N–H and O–H groups in total. The zero-order valence-corrected chi connectivity index (χ0v) is 26.2. The highest BCUT2D eigenvalue weighted by atomic mass is 19.4. The summed E-state index contributed by atoms with van der Waals surface area (Å²) in [6, 6.07) is 3.31. The van der Waals surface area contributed by atoms with Crippen LogP contribution in [-0.4, -0.2) is 41.4 Å². The predicted octanol–water partition coefficient (Wildman–Crippen LogP) is 9.23. The number of rotatable bonds is 24. The largest absolute Gasteiger partial charge is 0.499 e. The Kier molecular flexibility index (Phi) is 19.6. The molecule has 0 aromatic heterocycles. The number of unbranched alkanes of at least 4 members (excludes halogenated alkanes) is 14. The summed E-state index contributed by atoms with van der Waals surface area (Å²) in [5, 5.41) is 15.6. The Hall–Kier alpha value is -2.69. The number of hydrogen-bond donors (Lipinski definition) is 3. The fourth-order valence-corrected chi connectivity index (χ4v) is 4.68. The quantitative estimate of drug-likeness (QED) is 0.0601. The van der Waals surface area contributed by atoms with Crippen LogP contribution in [0.4, 0.5) is 27.6 Å². The molecule has 0 unspecified atom stereocenters. The molecule has 0 aliphatic rings. The van der Waals surface area contributed by atoms with E-state index in [-0.39, 0.29) is 11.6 Å². The first-order valence-electron chi connectivity index (χ1n) is 16.1. The monoisotopic (exact) mass is 634 g/mol. The van der Waals surface area contributed by atoms with Crippen LogP contribution in [0.15, 0.2) is 36.4 Å². The van der Waals surface area contributed by atoms with Gasteiger partial charge in [0.05, 0.1) is 12.1 Å². The molecule has 0 saturated heterocycles. The van der Waals surface area contributed by atoms with Gasteiger partial charge in [-0.3, -0.25) is 9.59 Å². The van der Waals surface area contributed by atoms with Crippen LogP contribution in [0.3, 0.4) is 0 Å². The Bertz CT molecular complexity index is 954. The van der Waals surface area contributed by atoms with E-state index >= 15 is 0 Å². The van der Waals surface area contributed by atoms with Crippen molar-refractivity contribution >= 4 is 17.5 Å². The molecule has 2 amide bonds. The molecule has 0 aliphatic carbocycles. The molecule has 0 bridgehead atoms. The second-order valence-electron chi connectivity index (χ2n) is 11.3. The molecule has 252 valence electrons. The minimum atomic E-state index is -5.87. The third-order valence-corrected chi connectivity index (χ3v) is 7.35. The highest BCUT2D eigenvalue weighted by Gasteiger charge is 2.61. The lowest BCUT2D eigenvalue weighted by molar-refractivity contribution is -0.360. The lowest BCUT2D eigenvalue weighted by Crippen LogP contribution is -2.42. The van der Waals surface area contributed by atoms with Gasteiger partial charge in [-0.2, -0.15) is 22.0 Å². The molecule has 44 heavy (non-hydrogen) atoms. The van der Waals surface area contributed by atoms with E-state index in [9.17, 15) is 36.6 Å². The van der Waals surface area contributed by atoms with Crippen molar-refractivity contribution in [3.05, 3.63) is 36.4 Å². The molecule has 0 fully saturated rings. The van der Waals surface area contributed by atoms with E-state index in [0.717, 1.165) is 49.6 Å². The Morgan fingerprint density at radius 1 is 0.795 bits per heavy atom. The fourth-order valence-electron chi connectivity index (χ4n) is 4.68. The number of benzene rings is 1. The number of ether oxygens (including phenoxy) is 1. The molecule has 11 heteroatoms. The molecule has 2 atom stereocenters. The lowest BCUT2D eigenvalue weighted by atomic mass is 10.0. The van der Waals surface area contributed by atoms with Crippen molar-refractivity contribution in [3.63, 3.8) is 0 Å². The molecule has 1 aromatic rings. The van der Waals surface area contributed by atoms with Crippen molar-refractivity contribution in [2.75, 3.05) is 5.32 Å². The number of hydrogen-bond acceptors (Lipinski definition) is 4. The topological polar surface area (TPSA) is 87.7 Å². The predicted molar refractivity (Wildman–Crippen MR) is 164 cm³/mol. The van der Waals surface area contributed by atoms with Crippen LogP contribution in [0.5, 0.6) is 5.75 Å². The van der Waals surface area contributed by atoms with Gasteiger partial charge in [-0.25, -0.2) is 0 Å². The van der Waals surface area contributed by atoms with Gasteiger partial charge in [0.1, 0.15) is 5.75 Å². The highest BCUT2D eigenvalue weighted by molar-refractivity contribution is 5.99. The van der Waals surface area contributed by atoms with Gasteiger partial charge in [-0.15, -0.1) is 0 Å². The molecule has 0 radical (unpaired) electrons. The van der Waals surface area contributed by atoms with E-state index in [0.29, 0.717) is 12.8 Å². The number of carbonyl (C=O) groups is 2. The third-order valence-electron chi connectivity index (χ3n) is 7.35.